The number of thiophene rings is 1. The fourth-order valence-electron chi connectivity index (χ4n) is 1.56. The first-order valence-corrected chi connectivity index (χ1v) is 5.59. The van der Waals surface area contributed by atoms with Gasteiger partial charge >= 0.3 is 0 Å². The fourth-order valence-corrected chi connectivity index (χ4v) is 2.53. The highest BCUT2D eigenvalue weighted by Gasteiger charge is 2.17. The van der Waals surface area contributed by atoms with Crippen LogP contribution < -0.4 is 5.73 Å². The monoisotopic (exact) mass is 235 g/mol. The lowest BCUT2D eigenvalue weighted by Crippen LogP contribution is -1.87. The van der Waals surface area contributed by atoms with Gasteiger partial charge in [-0.1, -0.05) is 5.16 Å². The topological polar surface area (TPSA) is 78.1 Å². The third-order valence-corrected chi connectivity index (χ3v) is 3.55. The first-order valence-electron chi connectivity index (χ1n) is 4.77. The molecule has 0 unspecified atom stereocenters. The van der Waals surface area contributed by atoms with Crippen LogP contribution in [0.5, 0.6) is 0 Å². The quantitative estimate of drug-likeness (QED) is 0.737. The van der Waals surface area contributed by atoms with Gasteiger partial charge < -0.3 is 14.7 Å². The number of oxazole rings is 1. The third kappa shape index (κ3) is 1.30. The molecule has 0 fully saturated rings. The number of hydrogen-bond acceptors (Lipinski definition) is 6. The van der Waals surface area contributed by atoms with Gasteiger partial charge in [-0.15, -0.1) is 11.3 Å². The van der Waals surface area contributed by atoms with Crippen LogP contribution in [-0.4, -0.2) is 10.1 Å². The molecule has 0 amide bonds. The second-order valence-corrected chi connectivity index (χ2v) is 4.69. The van der Waals surface area contributed by atoms with Gasteiger partial charge in [-0.25, -0.2) is 4.98 Å². The second kappa shape index (κ2) is 3.34. The van der Waals surface area contributed by atoms with Gasteiger partial charge in [0.05, 0.1) is 18.3 Å². The van der Waals surface area contributed by atoms with E-state index in [9.17, 15) is 0 Å². The van der Waals surface area contributed by atoms with E-state index in [4.69, 9.17) is 14.7 Å². The maximum atomic E-state index is 5.86. The summed E-state index contributed by atoms with van der Waals surface area (Å²) in [5.41, 5.74) is 8.03. The van der Waals surface area contributed by atoms with Crippen molar-refractivity contribution in [3.05, 3.63) is 28.9 Å². The van der Waals surface area contributed by atoms with Crippen molar-refractivity contribution in [2.45, 2.75) is 13.3 Å². The molecule has 0 aliphatic carbocycles. The van der Waals surface area contributed by atoms with Crippen molar-refractivity contribution in [3.63, 3.8) is 0 Å². The summed E-state index contributed by atoms with van der Waals surface area (Å²) in [4.78, 5) is 5.10. The average molecular weight is 235 g/mol. The largest absolute Gasteiger partial charge is 0.449 e. The summed E-state index contributed by atoms with van der Waals surface area (Å²) in [5, 5.41) is 3.99. The Balaban J connectivity index is 2.07. The van der Waals surface area contributed by atoms with Crippen LogP contribution in [0.2, 0.25) is 0 Å². The lowest BCUT2D eigenvalue weighted by atomic mass is 10.3. The van der Waals surface area contributed by atoms with Crippen molar-refractivity contribution >= 4 is 27.3 Å². The molecule has 0 bridgehead atoms. The van der Waals surface area contributed by atoms with Crippen molar-refractivity contribution in [1.82, 2.24) is 10.1 Å². The van der Waals surface area contributed by atoms with Crippen molar-refractivity contribution in [1.29, 1.82) is 0 Å². The minimum Gasteiger partial charge on any atom is -0.449 e. The number of rotatable bonds is 2. The summed E-state index contributed by atoms with van der Waals surface area (Å²) < 4.78 is 11.4. The molecule has 0 aliphatic rings. The van der Waals surface area contributed by atoms with Crippen molar-refractivity contribution in [2.75, 3.05) is 5.73 Å². The van der Waals surface area contributed by atoms with Crippen LogP contribution in [0.1, 0.15) is 16.5 Å². The van der Waals surface area contributed by atoms with Crippen LogP contribution in [-0.2, 0) is 6.42 Å². The third-order valence-electron chi connectivity index (χ3n) is 2.40. The fraction of sp³-hybridized carbons (Fsp3) is 0.200. The zero-order chi connectivity index (χ0) is 11.1. The van der Waals surface area contributed by atoms with Crippen molar-refractivity contribution < 1.29 is 8.94 Å². The molecule has 0 atom stereocenters. The number of fused-ring (bicyclic) bond motifs is 1. The van der Waals surface area contributed by atoms with E-state index < -0.39 is 0 Å². The van der Waals surface area contributed by atoms with E-state index in [1.54, 1.807) is 23.8 Å². The zero-order valence-corrected chi connectivity index (χ0v) is 9.37. The van der Waals surface area contributed by atoms with Crippen LogP contribution in [0, 0.1) is 6.92 Å². The molecule has 2 N–H and O–H groups in total. The van der Waals surface area contributed by atoms with Gasteiger partial charge in [-0.05, 0) is 6.92 Å². The maximum absolute atomic E-state index is 5.86. The molecule has 82 valence electrons. The molecule has 5 nitrogen and oxygen atoms in total. The molecule has 0 saturated carbocycles. The van der Waals surface area contributed by atoms with E-state index in [2.05, 4.69) is 10.1 Å². The lowest BCUT2D eigenvalue weighted by molar-refractivity contribution is 0.441. The normalized spacial score (nSPS) is 11.3. The average Bonchev–Trinajstić information content (AvgIpc) is 2.93. The van der Waals surface area contributed by atoms with Crippen LogP contribution >= 0.6 is 11.3 Å². The summed E-state index contributed by atoms with van der Waals surface area (Å²) in [6.07, 6.45) is 3.68. The van der Waals surface area contributed by atoms with E-state index in [1.807, 2.05) is 6.92 Å². The Morgan fingerprint density at radius 3 is 3.12 bits per heavy atom. The van der Waals surface area contributed by atoms with Gasteiger partial charge in [-0.2, -0.15) is 0 Å². The molecule has 3 aromatic rings. The Morgan fingerprint density at radius 2 is 2.38 bits per heavy atom. The van der Waals surface area contributed by atoms with Gasteiger partial charge in [0.15, 0.2) is 5.89 Å². The Labute approximate surface area is 94.9 Å². The van der Waals surface area contributed by atoms with E-state index in [1.165, 1.54) is 0 Å². The molecule has 3 aromatic heterocycles. The lowest BCUT2D eigenvalue weighted by Gasteiger charge is -1.88. The Bertz CT molecular complexity index is 624. The number of anilines is 1. The first-order chi connectivity index (χ1) is 7.75. The summed E-state index contributed by atoms with van der Waals surface area (Å²) in [5.74, 6) is 0.625. The predicted octanol–water partition coefficient (Wildman–Crippen LogP) is 2.36. The highest BCUT2D eigenvalue weighted by atomic mass is 32.1. The summed E-state index contributed by atoms with van der Waals surface area (Å²) in [6.45, 7) is 1.96. The minimum atomic E-state index is 0.527. The molecule has 0 spiro atoms. The second-order valence-electron chi connectivity index (χ2n) is 3.46. The summed E-state index contributed by atoms with van der Waals surface area (Å²) >= 11 is 1.58. The molecule has 6 heteroatoms. The Kier molecular flexibility index (Phi) is 1.97. The van der Waals surface area contributed by atoms with E-state index >= 15 is 0 Å². The predicted molar refractivity (Wildman–Crippen MR) is 60.3 cm³/mol. The van der Waals surface area contributed by atoms with Gasteiger partial charge in [0.1, 0.15) is 16.7 Å². The first kappa shape index (κ1) is 9.41. The van der Waals surface area contributed by atoms with E-state index in [0.717, 1.165) is 15.3 Å². The van der Waals surface area contributed by atoms with Gasteiger partial charge in [-0.3, -0.25) is 0 Å². The molecule has 0 aliphatic heterocycles. The maximum Gasteiger partial charge on any atom is 0.201 e. The molecule has 16 heavy (non-hydrogen) atoms. The summed E-state index contributed by atoms with van der Waals surface area (Å²) in [6, 6.07) is 0. The number of nitrogens with zero attached hydrogens (tertiary/aromatic N) is 2. The highest BCUT2D eigenvalue weighted by molar-refractivity contribution is 7.19. The Hall–Kier alpha value is -1.82. The highest BCUT2D eigenvalue weighted by Crippen LogP contribution is 2.35. The number of aromatic nitrogens is 2. The molecular formula is C10H9N3O2S. The molecule has 0 saturated heterocycles. The molecule has 0 aromatic carbocycles. The zero-order valence-electron chi connectivity index (χ0n) is 8.56. The SMILES string of the molecule is Cc1sc2c(Cc3ncco3)noc2c1N. The van der Waals surface area contributed by atoms with Crippen LogP contribution in [0.4, 0.5) is 5.69 Å². The molecule has 0 radical (unpaired) electrons. The van der Waals surface area contributed by atoms with Crippen LogP contribution in [0.15, 0.2) is 21.4 Å². The summed E-state index contributed by atoms with van der Waals surface area (Å²) in [7, 11) is 0. The van der Waals surface area contributed by atoms with Gasteiger partial charge in [0, 0.05) is 4.88 Å². The number of nitrogens with two attached hydrogens (primary N) is 1. The van der Waals surface area contributed by atoms with E-state index in [0.29, 0.717) is 23.6 Å². The minimum absolute atomic E-state index is 0.527. The number of aryl methyl sites for hydroxylation is 1. The standard InChI is InChI=1S/C10H9N3O2S/c1-5-8(11)9-10(16-5)6(13-15-9)4-7-12-2-3-14-7/h2-3H,4,11H2,1H3. The van der Waals surface area contributed by atoms with E-state index in [-0.39, 0.29) is 0 Å². The van der Waals surface area contributed by atoms with Crippen LogP contribution in [0.25, 0.3) is 10.3 Å². The van der Waals surface area contributed by atoms with Crippen molar-refractivity contribution in [3.8, 4) is 0 Å². The van der Waals surface area contributed by atoms with Crippen molar-refractivity contribution in [2.24, 2.45) is 0 Å². The van der Waals surface area contributed by atoms with Crippen LogP contribution in [0.3, 0.4) is 0 Å². The molecule has 3 heterocycles. The Morgan fingerprint density at radius 1 is 1.50 bits per heavy atom. The smallest absolute Gasteiger partial charge is 0.201 e. The molecule has 3 rings (SSSR count). The van der Waals surface area contributed by atoms with Gasteiger partial charge in [0.25, 0.3) is 0 Å². The van der Waals surface area contributed by atoms with Gasteiger partial charge in [0.2, 0.25) is 5.58 Å². The number of hydrogen-bond donors (Lipinski definition) is 1. The molecular weight excluding hydrogens is 226 g/mol. The number of nitrogen functional groups attached to an aromatic ring is 1.